The number of hydrogen-bond donors (Lipinski definition) is 3. The van der Waals surface area contributed by atoms with Crippen LogP contribution in [-0.2, 0) is 0 Å². The average Bonchev–Trinajstić information content (AvgIpc) is 3.59. The lowest BCUT2D eigenvalue weighted by Gasteiger charge is -2.09. The number of carbonyl (C=O) groups is 2. The Hall–Kier alpha value is -4.38. The Morgan fingerprint density at radius 1 is 1.17 bits per heavy atom. The van der Waals surface area contributed by atoms with E-state index in [9.17, 15) is 18.4 Å². The van der Waals surface area contributed by atoms with Gasteiger partial charge in [-0.1, -0.05) is 29.8 Å². The maximum atomic E-state index is 13.5. The smallest absolute Gasteiger partial charge is 0.280 e. The molecule has 0 fully saturated rings. The number of thiophene rings is 1. The summed E-state index contributed by atoms with van der Waals surface area (Å²) in [4.78, 5) is 29.4. The van der Waals surface area contributed by atoms with Crippen LogP contribution in [0.15, 0.2) is 59.2 Å². The first-order valence-corrected chi connectivity index (χ1v) is 11.2. The molecule has 0 aliphatic rings. The van der Waals surface area contributed by atoms with Crippen molar-refractivity contribution >= 4 is 39.1 Å². The van der Waals surface area contributed by atoms with Crippen molar-refractivity contribution in [1.29, 1.82) is 0 Å². The van der Waals surface area contributed by atoms with Gasteiger partial charge in [0.1, 0.15) is 26.9 Å². The van der Waals surface area contributed by atoms with Crippen molar-refractivity contribution in [3.05, 3.63) is 76.6 Å². The second-order valence-corrected chi connectivity index (χ2v) is 8.71. The number of hydrogen-bond acceptors (Lipinski definition) is 6. The Kier molecular flexibility index (Phi) is 5.61. The summed E-state index contributed by atoms with van der Waals surface area (Å²) >= 11 is 0.814. The van der Waals surface area contributed by atoms with Gasteiger partial charge in [0.25, 0.3) is 18.2 Å². The number of aryl methyl sites for hydroxylation is 1. The first-order chi connectivity index (χ1) is 16.8. The van der Waals surface area contributed by atoms with E-state index >= 15 is 0 Å². The number of pyridine rings is 1. The Morgan fingerprint density at radius 3 is 2.60 bits per heavy atom. The minimum atomic E-state index is -2.85. The Balaban J connectivity index is 1.59. The monoisotopic (exact) mass is 493 g/mol. The standard InChI is InChI=1S/C24H17F2N5O3S/c1-11-4-6-12(7-5-11)14-10-16(31-30-14)23(33)29-19-18-13(17-3-2-8-34-17)9-15(21(25)26)28-24(18)35-20(19)22(27)32/h2-10,21H,1H3,(H2,27,32)(H,29,33)(H,30,31). The normalized spacial score (nSPS) is 11.3. The minimum Gasteiger partial charge on any atom is -0.464 e. The molecule has 0 atom stereocenters. The van der Waals surface area contributed by atoms with Crippen LogP contribution < -0.4 is 11.1 Å². The Labute approximate surface area is 200 Å². The molecule has 4 aromatic heterocycles. The van der Waals surface area contributed by atoms with E-state index in [0.29, 0.717) is 5.69 Å². The molecule has 35 heavy (non-hydrogen) atoms. The number of nitrogens with two attached hydrogens (primary N) is 1. The van der Waals surface area contributed by atoms with E-state index in [-0.39, 0.29) is 37.8 Å². The molecule has 0 aliphatic carbocycles. The fourth-order valence-electron chi connectivity index (χ4n) is 3.64. The van der Waals surface area contributed by atoms with E-state index in [1.807, 2.05) is 31.2 Å². The number of amides is 2. The van der Waals surface area contributed by atoms with Crippen molar-refractivity contribution in [2.24, 2.45) is 5.73 Å². The van der Waals surface area contributed by atoms with Crippen LogP contribution in [0.5, 0.6) is 0 Å². The number of aromatic amines is 1. The number of rotatable bonds is 6. The quantitative estimate of drug-likeness (QED) is 0.286. The number of furan rings is 1. The van der Waals surface area contributed by atoms with E-state index in [4.69, 9.17) is 10.2 Å². The molecule has 0 radical (unpaired) electrons. The number of anilines is 1. The largest absolute Gasteiger partial charge is 0.464 e. The van der Waals surface area contributed by atoms with Gasteiger partial charge < -0.3 is 15.5 Å². The SMILES string of the molecule is Cc1ccc(-c2cc(C(=O)Nc3c(C(N)=O)sc4nc(C(F)F)cc(-c5ccco5)c34)[nH]n2)cc1. The molecule has 0 spiro atoms. The van der Waals surface area contributed by atoms with Crippen LogP contribution in [-0.4, -0.2) is 27.0 Å². The molecule has 11 heteroatoms. The predicted molar refractivity (Wildman–Crippen MR) is 128 cm³/mol. The van der Waals surface area contributed by atoms with E-state index in [0.717, 1.165) is 22.5 Å². The third-order valence-corrected chi connectivity index (χ3v) is 6.42. The van der Waals surface area contributed by atoms with Crippen molar-refractivity contribution in [1.82, 2.24) is 15.2 Å². The van der Waals surface area contributed by atoms with E-state index < -0.39 is 23.9 Å². The zero-order valence-corrected chi connectivity index (χ0v) is 19.0. The molecule has 0 saturated heterocycles. The molecule has 1 aromatic carbocycles. The molecule has 0 aliphatic heterocycles. The number of nitrogens with one attached hydrogen (secondary N) is 2. The van der Waals surface area contributed by atoms with Crippen molar-refractivity contribution in [2.75, 3.05) is 5.32 Å². The molecular weight excluding hydrogens is 476 g/mol. The lowest BCUT2D eigenvalue weighted by Crippen LogP contribution is -2.17. The lowest BCUT2D eigenvalue weighted by molar-refractivity contribution is 0.100. The van der Waals surface area contributed by atoms with Crippen LogP contribution in [0.2, 0.25) is 0 Å². The van der Waals surface area contributed by atoms with Crippen LogP contribution in [0, 0.1) is 6.92 Å². The molecular formula is C24H17F2N5O3S. The van der Waals surface area contributed by atoms with Gasteiger partial charge in [0.2, 0.25) is 0 Å². The van der Waals surface area contributed by atoms with E-state index in [1.165, 1.54) is 12.3 Å². The minimum absolute atomic E-state index is 0.0293. The highest BCUT2D eigenvalue weighted by Gasteiger charge is 2.26. The highest BCUT2D eigenvalue weighted by Crippen LogP contribution is 2.42. The predicted octanol–water partition coefficient (Wildman–Crippen LogP) is 5.54. The first kappa shape index (κ1) is 22.4. The summed E-state index contributed by atoms with van der Waals surface area (Å²) in [6, 6.07) is 13.5. The van der Waals surface area contributed by atoms with Crippen molar-refractivity contribution in [3.8, 4) is 22.6 Å². The van der Waals surface area contributed by atoms with Gasteiger partial charge in [-0.05, 0) is 31.2 Å². The third kappa shape index (κ3) is 4.17. The van der Waals surface area contributed by atoms with Gasteiger partial charge in [-0.15, -0.1) is 11.3 Å². The second kappa shape index (κ2) is 8.76. The van der Waals surface area contributed by atoms with Crippen molar-refractivity contribution < 1.29 is 22.8 Å². The van der Waals surface area contributed by atoms with Crippen LogP contribution in [0.4, 0.5) is 14.5 Å². The van der Waals surface area contributed by atoms with Gasteiger partial charge in [0.15, 0.2) is 0 Å². The van der Waals surface area contributed by atoms with Gasteiger partial charge in [0, 0.05) is 16.5 Å². The maximum absolute atomic E-state index is 13.5. The summed E-state index contributed by atoms with van der Waals surface area (Å²) in [5.74, 6) is -1.16. The fourth-order valence-corrected chi connectivity index (χ4v) is 4.65. The summed E-state index contributed by atoms with van der Waals surface area (Å²) in [7, 11) is 0. The Morgan fingerprint density at radius 2 is 1.94 bits per heavy atom. The molecule has 5 aromatic rings. The van der Waals surface area contributed by atoms with Crippen LogP contribution in [0.25, 0.3) is 32.8 Å². The summed E-state index contributed by atoms with van der Waals surface area (Å²) in [6.07, 6.45) is -1.46. The zero-order valence-electron chi connectivity index (χ0n) is 18.1. The summed E-state index contributed by atoms with van der Waals surface area (Å²) < 4.78 is 32.5. The number of nitrogens with zero attached hydrogens (tertiary/aromatic N) is 2. The molecule has 0 unspecified atom stereocenters. The van der Waals surface area contributed by atoms with Gasteiger partial charge in [-0.2, -0.15) is 5.10 Å². The summed E-state index contributed by atoms with van der Waals surface area (Å²) in [5.41, 5.74) is 7.96. The summed E-state index contributed by atoms with van der Waals surface area (Å²) in [5, 5.41) is 9.84. The molecule has 4 heterocycles. The van der Waals surface area contributed by atoms with Gasteiger partial charge >= 0.3 is 0 Å². The van der Waals surface area contributed by atoms with Crippen molar-refractivity contribution in [3.63, 3.8) is 0 Å². The second-order valence-electron chi connectivity index (χ2n) is 7.71. The fraction of sp³-hybridized carbons (Fsp3) is 0.0833. The average molecular weight is 493 g/mol. The number of H-pyrrole nitrogens is 1. The van der Waals surface area contributed by atoms with Crippen LogP contribution >= 0.6 is 11.3 Å². The Bertz CT molecular complexity index is 1560. The van der Waals surface area contributed by atoms with Gasteiger partial charge in [0.05, 0.1) is 17.6 Å². The van der Waals surface area contributed by atoms with E-state index in [2.05, 4.69) is 20.5 Å². The highest BCUT2D eigenvalue weighted by atomic mass is 32.1. The topological polar surface area (TPSA) is 127 Å². The molecule has 5 rings (SSSR count). The number of primary amides is 1. The molecule has 0 saturated carbocycles. The van der Waals surface area contributed by atoms with Crippen LogP contribution in [0.3, 0.4) is 0 Å². The number of alkyl halides is 2. The number of carbonyl (C=O) groups excluding carboxylic acids is 2. The van der Waals surface area contributed by atoms with Gasteiger partial charge in [-0.25, -0.2) is 13.8 Å². The van der Waals surface area contributed by atoms with E-state index in [1.54, 1.807) is 18.2 Å². The summed E-state index contributed by atoms with van der Waals surface area (Å²) in [6.45, 7) is 1.96. The molecule has 4 N–H and O–H groups in total. The molecule has 0 bridgehead atoms. The zero-order chi connectivity index (χ0) is 24.7. The first-order valence-electron chi connectivity index (χ1n) is 10.3. The number of halogens is 2. The molecule has 2 amide bonds. The van der Waals surface area contributed by atoms with Crippen molar-refractivity contribution in [2.45, 2.75) is 13.3 Å². The third-order valence-electron chi connectivity index (χ3n) is 5.32. The number of benzene rings is 1. The molecule has 176 valence electrons. The van der Waals surface area contributed by atoms with Crippen LogP contribution in [0.1, 0.15) is 37.8 Å². The highest BCUT2D eigenvalue weighted by molar-refractivity contribution is 7.21. The lowest BCUT2D eigenvalue weighted by atomic mass is 10.1. The number of aromatic nitrogens is 3. The number of fused-ring (bicyclic) bond motifs is 1. The molecule has 8 nitrogen and oxygen atoms in total. The maximum Gasteiger partial charge on any atom is 0.280 e. The van der Waals surface area contributed by atoms with Gasteiger partial charge in [-0.3, -0.25) is 14.7 Å².